The number of amides is 2. The molecule has 29 heavy (non-hydrogen) atoms. The van der Waals surface area contributed by atoms with Gasteiger partial charge in [-0.15, -0.1) is 0 Å². The molecule has 148 valence electrons. The molecular weight excluding hydrogens is 366 g/mol. The first-order valence-corrected chi connectivity index (χ1v) is 9.27. The molecule has 0 saturated heterocycles. The first-order valence-electron chi connectivity index (χ1n) is 9.27. The topological polar surface area (TPSA) is 79.5 Å². The lowest BCUT2D eigenvalue weighted by atomic mass is 10.2. The zero-order valence-electron chi connectivity index (χ0n) is 16.1. The normalized spacial score (nSPS) is 10.1. The number of ether oxygens (including phenoxy) is 1. The zero-order chi connectivity index (χ0) is 20.5. The fourth-order valence-electron chi connectivity index (χ4n) is 2.69. The lowest BCUT2D eigenvalue weighted by Gasteiger charge is -2.13. The van der Waals surface area contributed by atoms with Crippen LogP contribution in [0.2, 0.25) is 0 Å². The third kappa shape index (κ3) is 6.39. The van der Waals surface area contributed by atoms with E-state index in [-0.39, 0.29) is 18.4 Å². The summed E-state index contributed by atoms with van der Waals surface area (Å²) >= 11 is 0. The molecule has 0 radical (unpaired) electrons. The van der Waals surface area contributed by atoms with Gasteiger partial charge in [0.25, 0.3) is 0 Å². The Balaban J connectivity index is 1.53. The number of carbonyl (C=O) groups is 2. The fraction of sp³-hybridized carbons (Fsp3) is 0.130. The lowest BCUT2D eigenvalue weighted by Crippen LogP contribution is -2.22. The van der Waals surface area contributed by atoms with Crippen molar-refractivity contribution in [2.45, 2.75) is 13.5 Å². The number of hydrogen-bond acceptors (Lipinski definition) is 4. The highest BCUT2D eigenvalue weighted by Gasteiger charge is 2.07. The molecule has 3 N–H and O–H groups in total. The van der Waals surface area contributed by atoms with E-state index in [9.17, 15) is 9.59 Å². The molecule has 3 aromatic carbocycles. The van der Waals surface area contributed by atoms with Crippen molar-refractivity contribution in [1.29, 1.82) is 0 Å². The second kappa shape index (κ2) is 9.94. The van der Waals surface area contributed by atoms with Crippen molar-refractivity contribution in [2.24, 2.45) is 0 Å². The van der Waals surface area contributed by atoms with Gasteiger partial charge in [-0.1, -0.05) is 42.5 Å². The summed E-state index contributed by atoms with van der Waals surface area (Å²) in [5, 5.41) is 8.61. The Morgan fingerprint density at radius 2 is 1.41 bits per heavy atom. The van der Waals surface area contributed by atoms with E-state index >= 15 is 0 Å². The lowest BCUT2D eigenvalue weighted by molar-refractivity contribution is -0.115. The molecule has 3 rings (SSSR count). The molecule has 0 spiro atoms. The van der Waals surface area contributed by atoms with Gasteiger partial charge in [-0.2, -0.15) is 0 Å². The molecule has 0 saturated carbocycles. The van der Waals surface area contributed by atoms with Gasteiger partial charge in [0.2, 0.25) is 11.8 Å². The van der Waals surface area contributed by atoms with Gasteiger partial charge in [-0.3, -0.25) is 9.59 Å². The first-order chi connectivity index (χ1) is 14.1. The van der Waals surface area contributed by atoms with Crippen LogP contribution in [0.4, 0.5) is 17.1 Å². The monoisotopic (exact) mass is 389 g/mol. The number of carbonyl (C=O) groups excluding carboxylic acids is 2. The molecule has 6 nitrogen and oxygen atoms in total. The van der Waals surface area contributed by atoms with Crippen LogP contribution in [0.15, 0.2) is 78.9 Å². The quantitative estimate of drug-likeness (QED) is 0.537. The predicted octanol–water partition coefficient (Wildman–Crippen LogP) is 4.27. The summed E-state index contributed by atoms with van der Waals surface area (Å²) in [6.07, 6.45) is 0. The second-order valence-electron chi connectivity index (χ2n) is 6.43. The average molecular weight is 389 g/mol. The van der Waals surface area contributed by atoms with Crippen molar-refractivity contribution >= 4 is 28.9 Å². The molecule has 0 aromatic heterocycles. The molecule has 0 aliphatic rings. The zero-order valence-corrected chi connectivity index (χ0v) is 16.1. The smallest absolute Gasteiger partial charge is 0.243 e. The molecule has 0 atom stereocenters. The van der Waals surface area contributed by atoms with E-state index < -0.39 is 0 Å². The van der Waals surface area contributed by atoms with Crippen LogP contribution in [0.3, 0.4) is 0 Å². The molecular formula is C23H23N3O3. The van der Waals surface area contributed by atoms with Gasteiger partial charge in [0, 0.05) is 18.3 Å². The van der Waals surface area contributed by atoms with E-state index in [4.69, 9.17) is 4.74 Å². The highest BCUT2D eigenvalue weighted by molar-refractivity contribution is 5.94. The summed E-state index contributed by atoms with van der Waals surface area (Å²) < 4.78 is 5.89. The third-order valence-corrected chi connectivity index (χ3v) is 4.05. The maximum atomic E-state index is 12.3. The largest absolute Gasteiger partial charge is 0.487 e. The van der Waals surface area contributed by atoms with E-state index in [0.717, 1.165) is 11.3 Å². The molecule has 0 fully saturated rings. The van der Waals surface area contributed by atoms with E-state index in [2.05, 4.69) is 16.0 Å². The number of para-hydroxylation sites is 2. The molecule has 0 bridgehead atoms. The Bertz CT molecular complexity index is 957. The number of rotatable bonds is 8. The highest BCUT2D eigenvalue weighted by atomic mass is 16.5. The number of nitrogens with one attached hydrogen (secondary N) is 3. The van der Waals surface area contributed by atoms with Crippen molar-refractivity contribution in [3.63, 3.8) is 0 Å². The molecule has 0 aliphatic carbocycles. The predicted molar refractivity (Wildman–Crippen MR) is 115 cm³/mol. The van der Waals surface area contributed by atoms with Gasteiger partial charge in [-0.05, 0) is 42.0 Å². The molecule has 0 aliphatic heterocycles. The van der Waals surface area contributed by atoms with Gasteiger partial charge in [0.05, 0.1) is 12.2 Å². The summed E-state index contributed by atoms with van der Waals surface area (Å²) in [5.74, 6) is 0.359. The van der Waals surface area contributed by atoms with Crippen LogP contribution in [0, 0.1) is 0 Å². The maximum absolute atomic E-state index is 12.3. The summed E-state index contributed by atoms with van der Waals surface area (Å²) in [6.45, 7) is 1.99. The van der Waals surface area contributed by atoms with Gasteiger partial charge in [0.15, 0.2) is 0 Å². The van der Waals surface area contributed by atoms with Crippen molar-refractivity contribution < 1.29 is 14.3 Å². The summed E-state index contributed by atoms with van der Waals surface area (Å²) in [4.78, 5) is 23.3. The van der Waals surface area contributed by atoms with Crippen LogP contribution >= 0.6 is 0 Å². The number of anilines is 3. The Kier molecular flexibility index (Phi) is 6.84. The summed E-state index contributed by atoms with van der Waals surface area (Å²) in [7, 11) is 0. The van der Waals surface area contributed by atoms with E-state index in [1.807, 2.05) is 54.6 Å². The fourth-order valence-corrected chi connectivity index (χ4v) is 2.69. The first kappa shape index (κ1) is 19.9. The van der Waals surface area contributed by atoms with Gasteiger partial charge < -0.3 is 20.7 Å². The Labute approximate surface area is 169 Å². The highest BCUT2D eigenvalue weighted by Crippen LogP contribution is 2.24. The molecule has 0 heterocycles. The average Bonchev–Trinajstić information content (AvgIpc) is 2.73. The van der Waals surface area contributed by atoms with Gasteiger partial charge in [0.1, 0.15) is 12.4 Å². The van der Waals surface area contributed by atoms with E-state index in [0.29, 0.717) is 23.7 Å². The Morgan fingerprint density at radius 3 is 2.10 bits per heavy atom. The van der Waals surface area contributed by atoms with Crippen molar-refractivity contribution in [2.75, 3.05) is 22.5 Å². The molecule has 2 amide bonds. The van der Waals surface area contributed by atoms with Crippen LogP contribution in [0.25, 0.3) is 0 Å². The number of hydrogen-bond donors (Lipinski definition) is 3. The molecule has 0 unspecified atom stereocenters. The minimum absolute atomic E-state index is 0.0964. The third-order valence-electron chi connectivity index (χ3n) is 4.05. The van der Waals surface area contributed by atoms with E-state index in [1.165, 1.54) is 6.92 Å². The number of benzene rings is 3. The van der Waals surface area contributed by atoms with Crippen molar-refractivity contribution in [1.82, 2.24) is 0 Å². The standard InChI is InChI=1S/C23H23N3O3/c1-17(27)25-19-11-13-20(14-12-19)26-23(28)15-24-21-9-5-6-10-22(21)29-16-18-7-3-2-4-8-18/h2-14,24H,15-16H2,1H3,(H,25,27)(H,26,28). The van der Waals surface area contributed by atoms with Crippen LogP contribution < -0.4 is 20.7 Å². The second-order valence-corrected chi connectivity index (χ2v) is 6.43. The maximum Gasteiger partial charge on any atom is 0.243 e. The van der Waals surface area contributed by atoms with Crippen LogP contribution in [-0.4, -0.2) is 18.4 Å². The SMILES string of the molecule is CC(=O)Nc1ccc(NC(=O)CNc2ccccc2OCc2ccccc2)cc1. The minimum atomic E-state index is -0.185. The van der Waals surface area contributed by atoms with Crippen molar-refractivity contribution in [3.05, 3.63) is 84.4 Å². The summed E-state index contributed by atoms with van der Waals surface area (Å²) in [5.41, 5.74) is 3.15. The summed E-state index contributed by atoms with van der Waals surface area (Å²) in [6, 6.07) is 24.4. The van der Waals surface area contributed by atoms with Gasteiger partial charge >= 0.3 is 0 Å². The molecule has 6 heteroatoms. The molecule has 3 aromatic rings. The van der Waals surface area contributed by atoms with E-state index in [1.54, 1.807) is 24.3 Å². The minimum Gasteiger partial charge on any atom is -0.487 e. The Morgan fingerprint density at radius 1 is 0.793 bits per heavy atom. The Hall–Kier alpha value is -3.80. The van der Waals surface area contributed by atoms with Crippen LogP contribution in [0.1, 0.15) is 12.5 Å². The van der Waals surface area contributed by atoms with Crippen LogP contribution in [0.5, 0.6) is 5.75 Å². The van der Waals surface area contributed by atoms with Crippen molar-refractivity contribution in [3.8, 4) is 5.75 Å². The van der Waals surface area contributed by atoms with Crippen LogP contribution in [-0.2, 0) is 16.2 Å². The van der Waals surface area contributed by atoms with Gasteiger partial charge in [-0.25, -0.2) is 0 Å².